The third-order valence-electron chi connectivity index (χ3n) is 1.66. The van der Waals surface area contributed by atoms with Gasteiger partial charge >= 0.3 is 0 Å². The quantitative estimate of drug-likeness (QED) is 0.384. The lowest BCUT2D eigenvalue weighted by Gasteiger charge is -2.11. The Kier molecular flexibility index (Phi) is 4.63. The van der Waals surface area contributed by atoms with Crippen molar-refractivity contribution in [3.63, 3.8) is 0 Å². The van der Waals surface area contributed by atoms with E-state index in [9.17, 15) is 0 Å². The number of nitrogens with two attached hydrogens (primary N) is 2. The van der Waals surface area contributed by atoms with E-state index < -0.39 is 0 Å². The molecule has 1 aromatic rings. The first-order valence-corrected chi connectivity index (χ1v) is 6.09. The maximum Gasteiger partial charge on any atom is 0.224 e. The van der Waals surface area contributed by atoms with Gasteiger partial charge in [0.25, 0.3) is 0 Å². The van der Waals surface area contributed by atoms with E-state index in [0.29, 0.717) is 11.5 Å². The van der Waals surface area contributed by atoms with Gasteiger partial charge in [0.2, 0.25) is 5.95 Å². The van der Waals surface area contributed by atoms with E-state index >= 15 is 0 Å². The number of hydrogen-bond donors (Lipinski definition) is 5. The van der Waals surface area contributed by atoms with Crippen molar-refractivity contribution in [1.82, 2.24) is 9.97 Å². The Balaban J connectivity index is 2.84. The topological polar surface area (TPSA) is 102 Å². The van der Waals surface area contributed by atoms with Gasteiger partial charge in [-0.3, -0.25) is 0 Å². The lowest BCUT2D eigenvalue weighted by molar-refractivity contribution is 1.14. The van der Waals surface area contributed by atoms with Crippen molar-refractivity contribution < 1.29 is 0 Å². The van der Waals surface area contributed by atoms with Crippen LogP contribution in [-0.2, 0) is 0 Å². The molecular weight excluding hydrogens is 232 g/mol. The minimum absolute atomic E-state index is 0.145. The van der Waals surface area contributed by atoms with Gasteiger partial charge in [-0.25, -0.2) is 0 Å². The molecule has 0 radical (unpaired) electrons. The fraction of sp³-hybridized carbons (Fsp3) is 0.429. The molecule has 0 unspecified atom stereocenters. The van der Waals surface area contributed by atoms with Crippen LogP contribution >= 0.6 is 24.6 Å². The summed E-state index contributed by atoms with van der Waals surface area (Å²) in [6.07, 6.45) is 2.03. The molecule has 0 amide bonds. The molecule has 0 aliphatic carbocycles. The van der Waals surface area contributed by atoms with Crippen LogP contribution in [0.4, 0.5) is 23.3 Å². The first-order valence-electron chi connectivity index (χ1n) is 4.25. The fourth-order valence-electron chi connectivity index (χ4n) is 1.01. The number of nitrogen functional groups attached to an aromatic ring is 2. The molecule has 0 aliphatic heterocycles. The Morgan fingerprint density at radius 2 is 2.13 bits per heavy atom. The maximum atomic E-state index is 5.65. The molecule has 6 N–H and O–H groups in total. The summed E-state index contributed by atoms with van der Waals surface area (Å²) in [6, 6.07) is 0. The van der Waals surface area contributed by atoms with Crippen LogP contribution in [0, 0.1) is 0 Å². The second kappa shape index (κ2) is 5.76. The molecular formula is C7H14N6S2. The molecule has 0 aliphatic rings. The second-order valence-corrected chi connectivity index (χ2v) is 3.93. The highest BCUT2D eigenvalue weighted by atomic mass is 32.2. The Morgan fingerprint density at radius 3 is 2.73 bits per heavy atom. The summed E-state index contributed by atoms with van der Waals surface area (Å²) in [4.78, 5) is 7.85. The highest BCUT2D eigenvalue weighted by Gasteiger charge is 2.09. The third kappa shape index (κ3) is 3.24. The number of nitrogens with one attached hydrogen (secondary N) is 2. The van der Waals surface area contributed by atoms with Gasteiger partial charge in [-0.2, -0.15) is 21.7 Å². The summed E-state index contributed by atoms with van der Waals surface area (Å²) in [5, 5.41) is 3.10. The van der Waals surface area contributed by atoms with E-state index in [-0.39, 0.29) is 11.8 Å². The molecule has 0 atom stereocenters. The van der Waals surface area contributed by atoms with Gasteiger partial charge in [-0.1, -0.05) is 12.8 Å². The van der Waals surface area contributed by atoms with E-state index in [1.807, 2.05) is 6.26 Å². The zero-order valence-electron chi connectivity index (χ0n) is 8.32. The number of aromatic nitrogens is 2. The van der Waals surface area contributed by atoms with Crippen molar-refractivity contribution in [3.05, 3.63) is 0 Å². The van der Waals surface area contributed by atoms with E-state index in [2.05, 4.69) is 32.8 Å². The minimum Gasteiger partial charge on any atom is -0.382 e. The first-order chi connectivity index (χ1) is 7.19. The molecule has 0 aromatic carbocycles. The van der Waals surface area contributed by atoms with E-state index in [1.54, 1.807) is 11.8 Å². The zero-order chi connectivity index (χ0) is 11.3. The monoisotopic (exact) mass is 246 g/mol. The van der Waals surface area contributed by atoms with Crippen molar-refractivity contribution in [2.24, 2.45) is 0 Å². The Labute approximate surface area is 98.2 Å². The van der Waals surface area contributed by atoms with Gasteiger partial charge in [0.1, 0.15) is 5.69 Å². The first kappa shape index (κ1) is 12.1. The summed E-state index contributed by atoms with van der Waals surface area (Å²) in [5.41, 5.74) is 11.7. The summed E-state index contributed by atoms with van der Waals surface area (Å²) in [7, 11) is 0. The standard InChI is InChI=1S/C7H14N6S2/c1-15-3-2-10-6-4(13-14)5(8)11-7(9)12-6/h13-14H,2-3H2,1H3,(H5,8,9,10,11,12). The minimum atomic E-state index is 0.145. The number of rotatable bonds is 5. The van der Waals surface area contributed by atoms with E-state index in [1.165, 1.54) is 0 Å². The third-order valence-corrected chi connectivity index (χ3v) is 2.50. The van der Waals surface area contributed by atoms with Crippen LogP contribution in [-0.4, -0.2) is 28.5 Å². The Hall–Kier alpha value is -1.02. The van der Waals surface area contributed by atoms with Crippen molar-refractivity contribution >= 4 is 47.8 Å². The Bertz CT molecular complexity index is 332. The summed E-state index contributed by atoms with van der Waals surface area (Å²) < 4.78 is 2.64. The highest BCUT2D eigenvalue weighted by molar-refractivity contribution is 7.98. The van der Waals surface area contributed by atoms with Crippen molar-refractivity contribution in [3.8, 4) is 0 Å². The van der Waals surface area contributed by atoms with Crippen LogP contribution in [0.3, 0.4) is 0 Å². The van der Waals surface area contributed by atoms with Crippen LogP contribution in [0.5, 0.6) is 0 Å². The molecule has 84 valence electrons. The smallest absolute Gasteiger partial charge is 0.224 e. The highest BCUT2D eigenvalue weighted by Crippen LogP contribution is 2.26. The summed E-state index contributed by atoms with van der Waals surface area (Å²) in [6.45, 7) is 0.777. The second-order valence-electron chi connectivity index (χ2n) is 2.72. The molecule has 0 saturated heterocycles. The normalized spacial score (nSPS) is 10.0. The van der Waals surface area contributed by atoms with Crippen LogP contribution in [0.2, 0.25) is 0 Å². The number of thiol groups is 1. The zero-order valence-corrected chi connectivity index (χ0v) is 10.0. The van der Waals surface area contributed by atoms with Gasteiger partial charge in [0.05, 0.1) is 0 Å². The maximum absolute atomic E-state index is 5.65. The lowest BCUT2D eigenvalue weighted by Crippen LogP contribution is -2.11. The van der Waals surface area contributed by atoms with Gasteiger partial charge in [0, 0.05) is 12.3 Å². The number of hydrogen-bond acceptors (Lipinski definition) is 8. The predicted octanol–water partition coefficient (Wildman–Crippen LogP) is 0.673. The molecule has 0 bridgehead atoms. The molecule has 1 rings (SSSR count). The predicted molar refractivity (Wildman–Crippen MR) is 70.3 cm³/mol. The van der Waals surface area contributed by atoms with E-state index in [4.69, 9.17) is 11.5 Å². The summed E-state index contributed by atoms with van der Waals surface area (Å²) in [5.74, 6) is 1.97. The van der Waals surface area contributed by atoms with Crippen LogP contribution in [0.15, 0.2) is 0 Å². The number of thioether (sulfide) groups is 1. The molecule has 1 heterocycles. The largest absolute Gasteiger partial charge is 0.382 e. The van der Waals surface area contributed by atoms with Crippen molar-refractivity contribution in [2.45, 2.75) is 0 Å². The molecule has 1 aromatic heterocycles. The average Bonchev–Trinajstić information content (AvgIpc) is 2.17. The van der Waals surface area contributed by atoms with Gasteiger partial charge < -0.3 is 21.5 Å². The van der Waals surface area contributed by atoms with Gasteiger partial charge in [-0.05, 0) is 6.26 Å². The van der Waals surface area contributed by atoms with Crippen LogP contribution < -0.4 is 21.5 Å². The number of anilines is 4. The molecule has 0 spiro atoms. The molecule has 0 fully saturated rings. The SMILES string of the molecule is CSCCNc1nc(N)nc(N)c1NS. The molecule has 6 nitrogen and oxygen atoms in total. The van der Waals surface area contributed by atoms with Crippen molar-refractivity contribution in [1.29, 1.82) is 0 Å². The summed E-state index contributed by atoms with van der Waals surface area (Å²) >= 11 is 5.67. The van der Waals surface area contributed by atoms with Crippen LogP contribution in [0.1, 0.15) is 0 Å². The molecule has 15 heavy (non-hydrogen) atoms. The molecule has 8 heteroatoms. The van der Waals surface area contributed by atoms with Gasteiger partial charge in [0.15, 0.2) is 11.6 Å². The lowest BCUT2D eigenvalue weighted by atomic mass is 10.4. The fourth-order valence-corrected chi connectivity index (χ4v) is 1.53. The average molecular weight is 246 g/mol. The van der Waals surface area contributed by atoms with E-state index in [0.717, 1.165) is 12.3 Å². The van der Waals surface area contributed by atoms with Gasteiger partial charge in [-0.15, -0.1) is 0 Å². The Morgan fingerprint density at radius 1 is 1.40 bits per heavy atom. The number of nitrogens with zero attached hydrogens (tertiary/aromatic N) is 2. The van der Waals surface area contributed by atoms with Crippen LogP contribution in [0.25, 0.3) is 0 Å². The van der Waals surface area contributed by atoms with Crippen molar-refractivity contribution in [2.75, 3.05) is 40.1 Å². The molecule has 0 saturated carbocycles.